The number of hydrogen-bond donors (Lipinski definition) is 2. The molecule has 0 aromatic rings. The standard InChI is InChI=1S/C5H12N2.2ClH/c6-4-2-1-3-5-7;;/h1-2H,3-7H2;2*1H/b2-1+;;. The van der Waals surface area contributed by atoms with Crippen LogP contribution in [0.4, 0.5) is 0 Å². The number of hydrogen-bond acceptors (Lipinski definition) is 2. The molecule has 4 heteroatoms. The summed E-state index contributed by atoms with van der Waals surface area (Å²) in [4.78, 5) is 0. The van der Waals surface area contributed by atoms with Gasteiger partial charge in [0, 0.05) is 6.54 Å². The maximum Gasteiger partial charge on any atom is 0.0106 e. The molecule has 0 saturated heterocycles. The maximum absolute atomic E-state index is 5.18. The Kier molecular flexibility index (Phi) is 28.2. The lowest BCUT2D eigenvalue weighted by molar-refractivity contribution is 1.00. The van der Waals surface area contributed by atoms with Crippen molar-refractivity contribution >= 4 is 24.8 Å². The summed E-state index contributed by atoms with van der Waals surface area (Å²) < 4.78 is 0. The van der Waals surface area contributed by atoms with E-state index < -0.39 is 0 Å². The minimum absolute atomic E-state index is 0. The van der Waals surface area contributed by atoms with Gasteiger partial charge in [0.1, 0.15) is 0 Å². The largest absolute Gasteiger partial charge is 0.330 e. The average Bonchev–Trinajstić information content (AvgIpc) is 1.69. The lowest BCUT2D eigenvalue weighted by Crippen LogP contribution is -1.97. The Morgan fingerprint density at radius 3 is 1.89 bits per heavy atom. The van der Waals surface area contributed by atoms with Crippen LogP contribution in [-0.2, 0) is 0 Å². The van der Waals surface area contributed by atoms with Crippen molar-refractivity contribution in [2.24, 2.45) is 11.5 Å². The van der Waals surface area contributed by atoms with Crippen LogP contribution >= 0.6 is 24.8 Å². The van der Waals surface area contributed by atoms with E-state index in [1.807, 2.05) is 12.2 Å². The SMILES string of the molecule is Cl.Cl.NC/C=C/CCN. The van der Waals surface area contributed by atoms with Crippen LogP contribution in [0.5, 0.6) is 0 Å². The van der Waals surface area contributed by atoms with Crippen molar-refractivity contribution in [1.82, 2.24) is 0 Å². The fraction of sp³-hybridized carbons (Fsp3) is 0.600. The Hall–Kier alpha value is 0.240. The molecule has 0 aliphatic carbocycles. The van der Waals surface area contributed by atoms with Crippen LogP contribution < -0.4 is 11.5 Å². The lowest BCUT2D eigenvalue weighted by Gasteiger charge is -1.80. The molecule has 0 atom stereocenters. The van der Waals surface area contributed by atoms with Gasteiger partial charge in [-0.05, 0) is 13.0 Å². The topological polar surface area (TPSA) is 52.0 Å². The number of nitrogens with two attached hydrogens (primary N) is 2. The molecular formula is C5H14Cl2N2. The van der Waals surface area contributed by atoms with Gasteiger partial charge < -0.3 is 11.5 Å². The van der Waals surface area contributed by atoms with Crippen molar-refractivity contribution in [3.05, 3.63) is 12.2 Å². The van der Waals surface area contributed by atoms with Crippen molar-refractivity contribution in [1.29, 1.82) is 0 Å². The summed E-state index contributed by atoms with van der Waals surface area (Å²) in [6, 6.07) is 0. The summed E-state index contributed by atoms with van der Waals surface area (Å²) in [5, 5.41) is 0. The predicted molar refractivity (Wildman–Crippen MR) is 46.4 cm³/mol. The monoisotopic (exact) mass is 172 g/mol. The van der Waals surface area contributed by atoms with Crippen molar-refractivity contribution in [3.63, 3.8) is 0 Å². The highest BCUT2D eigenvalue weighted by Gasteiger charge is 1.67. The fourth-order valence-electron chi connectivity index (χ4n) is 0.310. The minimum atomic E-state index is 0. The van der Waals surface area contributed by atoms with Crippen molar-refractivity contribution in [3.8, 4) is 0 Å². The summed E-state index contributed by atoms with van der Waals surface area (Å²) >= 11 is 0. The molecule has 0 bridgehead atoms. The van der Waals surface area contributed by atoms with Crippen LogP contribution in [0.25, 0.3) is 0 Å². The van der Waals surface area contributed by atoms with Crippen LogP contribution in [0.15, 0.2) is 12.2 Å². The third-order valence-electron chi connectivity index (χ3n) is 0.636. The fourth-order valence-corrected chi connectivity index (χ4v) is 0.310. The Morgan fingerprint density at radius 1 is 1.00 bits per heavy atom. The van der Waals surface area contributed by atoms with Crippen molar-refractivity contribution < 1.29 is 0 Å². The molecule has 58 valence electrons. The predicted octanol–water partition coefficient (Wildman–Crippen LogP) is 0.694. The summed E-state index contributed by atoms with van der Waals surface area (Å²) in [5.41, 5.74) is 10.3. The van der Waals surface area contributed by atoms with E-state index in [1.54, 1.807) is 0 Å². The van der Waals surface area contributed by atoms with Crippen molar-refractivity contribution in [2.45, 2.75) is 6.42 Å². The number of rotatable bonds is 3. The van der Waals surface area contributed by atoms with Gasteiger partial charge in [0.2, 0.25) is 0 Å². The summed E-state index contributed by atoms with van der Waals surface area (Å²) in [6.45, 7) is 1.34. The molecule has 0 amide bonds. The molecule has 0 aromatic heterocycles. The molecule has 0 rings (SSSR count). The first-order valence-corrected chi connectivity index (χ1v) is 2.47. The van der Waals surface area contributed by atoms with Crippen LogP contribution in [0.1, 0.15) is 6.42 Å². The third-order valence-corrected chi connectivity index (χ3v) is 0.636. The smallest absolute Gasteiger partial charge is 0.0106 e. The quantitative estimate of drug-likeness (QED) is 0.617. The van der Waals surface area contributed by atoms with Gasteiger partial charge in [0.05, 0.1) is 0 Å². The highest BCUT2D eigenvalue weighted by molar-refractivity contribution is 5.85. The second-order valence-electron chi connectivity index (χ2n) is 1.28. The van der Waals surface area contributed by atoms with Gasteiger partial charge in [-0.15, -0.1) is 24.8 Å². The molecule has 0 aromatic carbocycles. The van der Waals surface area contributed by atoms with Gasteiger partial charge in [-0.25, -0.2) is 0 Å². The van der Waals surface area contributed by atoms with Gasteiger partial charge in [-0.3, -0.25) is 0 Å². The molecular weight excluding hydrogens is 159 g/mol. The van der Waals surface area contributed by atoms with Gasteiger partial charge in [0.25, 0.3) is 0 Å². The van der Waals surface area contributed by atoms with E-state index in [0.29, 0.717) is 6.54 Å². The van der Waals surface area contributed by atoms with Gasteiger partial charge >= 0.3 is 0 Å². The highest BCUT2D eigenvalue weighted by Crippen LogP contribution is 1.74. The van der Waals surface area contributed by atoms with Crippen LogP contribution in [0.3, 0.4) is 0 Å². The zero-order valence-corrected chi connectivity index (χ0v) is 6.88. The van der Waals surface area contributed by atoms with E-state index in [1.165, 1.54) is 0 Å². The molecule has 0 aliphatic heterocycles. The van der Waals surface area contributed by atoms with E-state index in [4.69, 9.17) is 11.5 Å². The Labute approximate surface area is 68.5 Å². The van der Waals surface area contributed by atoms with Crippen LogP contribution in [-0.4, -0.2) is 13.1 Å². The first kappa shape index (κ1) is 16.1. The molecule has 9 heavy (non-hydrogen) atoms. The van der Waals surface area contributed by atoms with E-state index in [2.05, 4.69) is 0 Å². The molecule has 0 spiro atoms. The summed E-state index contributed by atoms with van der Waals surface area (Å²) in [6.07, 6.45) is 4.84. The molecule has 0 unspecified atom stereocenters. The van der Waals surface area contributed by atoms with Crippen molar-refractivity contribution in [2.75, 3.05) is 13.1 Å². The third kappa shape index (κ3) is 17.8. The van der Waals surface area contributed by atoms with E-state index in [9.17, 15) is 0 Å². The number of halogens is 2. The van der Waals surface area contributed by atoms with Gasteiger partial charge in [0.15, 0.2) is 0 Å². The van der Waals surface area contributed by atoms with Crippen LogP contribution in [0, 0.1) is 0 Å². The molecule has 2 nitrogen and oxygen atoms in total. The molecule has 0 fully saturated rings. The van der Waals surface area contributed by atoms with E-state index in [-0.39, 0.29) is 24.8 Å². The molecule has 0 heterocycles. The molecule has 4 N–H and O–H groups in total. The Bertz CT molecular complexity index is 56.9. The normalized spacial score (nSPS) is 8.22. The molecule has 0 saturated carbocycles. The first-order valence-electron chi connectivity index (χ1n) is 2.47. The summed E-state index contributed by atoms with van der Waals surface area (Å²) in [7, 11) is 0. The summed E-state index contributed by atoms with van der Waals surface area (Å²) in [5.74, 6) is 0. The Morgan fingerprint density at radius 2 is 1.56 bits per heavy atom. The zero-order chi connectivity index (χ0) is 5.54. The van der Waals surface area contributed by atoms with Crippen LogP contribution in [0.2, 0.25) is 0 Å². The van der Waals surface area contributed by atoms with E-state index in [0.717, 1.165) is 13.0 Å². The molecule has 0 radical (unpaired) electrons. The van der Waals surface area contributed by atoms with Gasteiger partial charge in [-0.1, -0.05) is 12.2 Å². The zero-order valence-electron chi connectivity index (χ0n) is 5.25. The second kappa shape index (κ2) is 15.7. The van der Waals surface area contributed by atoms with Gasteiger partial charge in [-0.2, -0.15) is 0 Å². The lowest BCUT2D eigenvalue weighted by atomic mass is 10.4. The average molecular weight is 173 g/mol. The first-order chi connectivity index (χ1) is 3.41. The minimum Gasteiger partial charge on any atom is -0.330 e. The molecule has 0 aliphatic rings. The second-order valence-corrected chi connectivity index (χ2v) is 1.28. The van der Waals surface area contributed by atoms with E-state index >= 15 is 0 Å². The Balaban J connectivity index is -0.000000180. The maximum atomic E-state index is 5.18. The highest BCUT2D eigenvalue weighted by atomic mass is 35.5.